The van der Waals surface area contributed by atoms with Crippen molar-refractivity contribution in [2.75, 3.05) is 0 Å². The Bertz CT molecular complexity index is 353. The van der Waals surface area contributed by atoms with Gasteiger partial charge in [0.2, 0.25) is 0 Å². The lowest BCUT2D eigenvalue weighted by Crippen LogP contribution is -2.47. The first-order valence-corrected chi connectivity index (χ1v) is 6.67. The molecule has 0 heterocycles. The third-order valence-corrected chi connectivity index (χ3v) is 3.70. The third kappa shape index (κ3) is 4.58. The Morgan fingerprint density at radius 1 is 1.47 bits per heavy atom. The van der Waals surface area contributed by atoms with Crippen LogP contribution in [0.1, 0.15) is 33.6 Å². The van der Waals surface area contributed by atoms with Gasteiger partial charge < -0.3 is 15.2 Å². The Balaban J connectivity index is 2.44. The molecule has 108 valence electrons. The first kappa shape index (κ1) is 15.5. The van der Waals surface area contributed by atoms with Crippen molar-refractivity contribution in [3.8, 4) is 0 Å². The molecule has 1 amide bonds. The minimum absolute atomic E-state index is 0.0956. The number of carbonyl (C=O) groups excluding carboxylic acids is 1. The Labute approximate surface area is 114 Å². The summed E-state index contributed by atoms with van der Waals surface area (Å²) in [4.78, 5) is 22.8. The maximum Gasteiger partial charge on any atom is 0.408 e. The van der Waals surface area contributed by atoms with Gasteiger partial charge in [0, 0.05) is 5.92 Å². The average molecular weight is 269 g/mol. The van der Waals surface area contributed by atoms with Crippen molar-refractivity contribution in [1.82, 2.24) is 5.32 Å². The van der Waals surface area contributed by atoms with Gasteiger partial charge in [-0.3, -0.25) is 0 Å². The van der Waals surface area contributed by atoms with E-state index in [0.29, 0.717) is 5.92 Å². The number of ether oxygens (including phenoxy) is 1. The van der Waals surface area contributed by atoms with Crippen LogP contribution in [0.3, 0.4) is 0 Å². The lowest BCUT2D eigenvalue weighted by molar-refractivity contribution is -0.141. The molecule has 4 atom stereocenters. The Hall–Kier alpha value is -1.52. The number of hydrogen-bond acceptors (Lipinski definition) is 3. The summed E-state index contributed by atoms with van der Waals surface area (Å²) in [5.41, 5.74) is 0. The first-order valence-electron chi connectivity index (χ1n) is 6.67. The third-order valence-electron chi connectivity index (χ3n) is 3.70. The van der Waals surface area contributed by atoms with Crippen molar-refractivity contribution >= 4 is 12.1 Å². The van der Waals surface area contributed by atoms with E-state index in [4.69, 9.17) is 9.84 Å². The van der Waals surface area contributed by atoms with Crippen molar-refractivity contribution in [2.24, 2.45) is 17.8 Å². The van der Waals surface area contributed by atoms with Gasteiger partial charge >= 0.3 is 12.1 Å². The number of alkyl carbamates (subject to hydrolysis) is 1. The van der Waals surface area contributed by atoms with Gasteiger partial charge in [-0.15, -0.1) is 6.58 Å². The van der Waals surface area contributed by atoms with Crippen molar-refractivity contribution in [3.63, 3.8) is 0 Å². The predicted octanol–water partition coefficient (Wildman–Crippen LogP) is 2.42. The van der Waals surface area contributed by atoms with Crippen LogP contribution in [0.5, 0.6) is 0 Å². The molecular formula is C14H23NO4. The van der Waals surface area contributed by atoms with Crippen LogP contribution in [-0.4, -0.2) is 29.3 Å². The number of amides is 1. The quantitative estimate of drug-likeness (QED) is 0.696. The maximum atomic E-state index is 11.7. The van der Waals surface area contributed by atoms with E-state index in [1.165, 1.54) is 0 Å². The number of rotatable bonds is 7. The van der Waals surface area contributed by atoms with Crippen LogP contribution in [0.25, 0.3) is 0 Å². The van der Waals surface area contributed by atoms with E-state index in [1.54, 1.807) is 13.0 Å². The molecule has 1 saturated carbocycles. The summed E-state index contributed by atoms with van der Waals surface area (Å²) in [5.74, 6) is -0.685. The predicted molar refractivity (Wildman–Crippen MR) is 71.8 cm³/mol. The van der Waals surface area contributed by atoms with Gasteiger partial charge in [-0.1, -0.05) is 26.8 Å². The second-order valence-electron chi connectivity index (χ2n) is 5.53. The summed E-state index contributed by atoms with van der Waals surface area (Å²) < 4.78 is 5.18. The van der Waals surface area contributed by atoms with Crippen LogP contribution in [0.4, 0.5) is 4.79 Å². The van der Waals surface area contributed by atoms with Crippen LogP contribution in [-0.2, 0) is 9.53 Å². The Kier molecular flexibility index (Phi) is 5.39. The summed E-state index contributed by atoms with van der Waals surface area (Å²) in [6, 6.07) is -0.913. The molecule has 5 nitrogen and oxygen atoms in total. The minimum Gasteiger partial charge on any atom is -0.480 e. The summed E-state index contributed by atoms with van der Waals surface area (Å²) in [5, 5.41) is 11.6. The molecule has 0 aromatic carbocycles. The molecule has 5 heteroatoms. The second kappa shape index (κ2) is 6.59. The van der Waals surface area contributed by atoms with Gasteiger partial charge in [-0.2, -0.15) is 0 Å². The van der Waals surface area contributed by atoms with Gasteiger partial charge in [0.15, 0.2) is 0 Å². The lowest BCUT2D eigenvalue weighted by Gasteiger charge is -2.24. The highest BCUT2D eigenvalue weighted by atomic mass is 16.6. The van der Waals surface area contributed by atoms with Crippen LogP contribution >= 0.6 is 0 Å². The minimum atomic E-state index is -1.03. The van der Waals surface area contributed by atoms with Crippen molar-refractivity contribution in [2.45, 2.75) is 45.8 Å². The Morgan fingerprint density at radius 2 is 2.11 bits per heavy atom. The van der Waals surface area contributed by atoms with Crippen LogP contribution < -0.4 is 5.32 Å². The van der Waals surface area contributed by atoms with Crippen LogP contribution in [0, 0.1) is 17.8 Å². The van der Waals surface area contributed by atoms with Crippen LogP contribution in [0.15, 0.2) is 12.7 Å². The fourth-order valence-electron chi connectivity index (χ4n) is 1.93. The van der Waals surface area contributed by atoms with E-state index in [1.807, 2.05) is 13.8 Å². The smallest absolute Gasteiger partial charge is 0.408 e. The molecule has 1 aliphatic carbocycles. The molecule has 1 aliphatic rings. The molecule has 0 saturated heterocycles. The molecule has 2 N–H and O–H groups in total. The van der Waals surface area contributed by atoms with E-state index >= 15 is 0 Å². The number of carboxylic acid groups (broad SMARTS) is 1. The molecule has 1 unspecified atom stereocenters. The van der Waals surface area contributed by atoms with Gasteiger partial charge in [-0.05, 0) is 24.7 Å². The molecule has 0 bridgehead atoms. The number of aliphatic carboxylic acids is 1. The SMILES string of the molecule is C=CC[C@@H]1C[C@H]1OC(=O)N[C@H](C(=O)O)C(C)C(C)C. The molecule has 0 aromatic rings. The molecule has 0 radical (unpaired) electrons. The van der Waals surface area contributed by atoms with Gasteiger partial charge in [0.25, 0.3) is 0 Å². The van der Waals surface area contributed by atoms with E-state index in [-0.39, 0.29) is 17.9 Å². The highest BCUT2D eigenvalue weighted by Gasteiger charge is 2.40. The number of allylic oxidation sites excluding steroid dienone is 1. The zero-order valence-corrected chi connectivity index (χ0v) is 11.8. The molecule has 0 aromatic heterocycles. The molecular weight excluding hydrogens is 246 g/mol. The average Bonchev–Trinajstić information content (AvgIpc) is 3.03. The van der Waals surface area contributed by atoms with E-state index in [2.05, 4.69) is 11.9 Å². The van der Waals surface area contributed by atoms with Gasteiger partial charge in [-0.25, -0.2) is 9.59 Å². The van der Waals surface area contributed by atoms with E-state index < -0.39 is 18.1 Å². The van der Waals surface area contributed by atoms with Crippen molar-refractivity contribution in [1.29, 1.82) is 0 Å². The number of hydrogen-bond donors (Lipinski definition) is 2. The van der Waals surface area contributed by atoms with Gasteiger partial charge in [0.1, 0.15) is 12.1 Å². The Morgan fingerprint density at radius 3 is 2.58 bits per heavy atom. The normalized spacial score (nSPS) is 24.4. The summed E-state index contributed by atoms with van der Waals surface area (Å²) >= 11 is 0. The van der Waals surface area contributed by atoms with Crippen LogP contribution in [0.2, 0.25) is 0 Å². The van der Waals surface area contributed by atoms with E-state index in [9.17, 15) is 9.59 Å². The van der Waals surface area contributed by atoms with Crippen molar-refractivity contribution in [3.05, 3.63) is 12.7 Å². The highest BCUT2D eigenvalue weighted by molar-refractivity contribution is 5.80. The zero-order valence-electron chi connectivity index (χ0n) is 11.8. The topological polar surface area (TPSA) is 75.6 Å². The molecule has 1 fully saturated rings. The molecule has 0 spiro atoms. The summed E-state index contributed by atoms with van der Waals surface area (Å²) in [6.45, 7) is 9.29. The van der Waals surface area contributed by atoms with E-state index in [0.717, 1.165) is 12.8 Å². The summed E-state index contributed by atoms with van der Waals surface area (Å²) in [6.07, 6.45) is 2.71. The standard InChI is InChI=1S/C14H23NO4/c1-5-6-10-7-11(10)19-14(18)15-12(13(16)17)9(4)8(2)3/h5,8-12H,1,6-7H2,2-4H3,(H,15,18)(H,16,17)/t9?,10-,11-,12+/m1/s1. The first-order chi connectivity index (χ1) is 8.86. The largest absolute Gasteiger partial charge is 0.480 e. The lowest BCUT2D eigenvalue weighted by atomic mass is 9.90. The molecule has 0 aliphatic heterocycles. The zero-order chi connectivity index (χ0) is 14.6. The second-order valence-corrected chi connectivity index (χ2v) is 5.53. The molecule has 1 rings (SSSR count). The number of nitrogens with one attached hydrogen (secondary N) is 1. The fourth-order valence-corrected chi connectivity index (χ4v) is 1.93. The van der Waals surface area contributed by atoms with Gasteiger partial charge in [0.05, 0.1) is 0 Å². The summed E-state index contributed by atoms with van der Waals surface area (Å²) in [7, 11) is 0. The van der Waals surface area contributed by atoms with Crippen molar-refractivity contribution < 1.29 is 19.4 Å². The fraction of sp³-hybridized carbons (Fsp3) is 0.714. The molecule has 19 heavy (non-hydrogen) atoms. The maximum absolute atomic E-state index is 11.7. The number of carboxylic acids is 1. The monoisotopic (exact) mass is 269 g/mol. The highest BCUT2D eigenvalue weighted by Crippen LogP contribution is 2.36. The number of carbonyl (C=O) groups is 2.